The molecule has 4 fully saturated rings. The number of hydrogen-bond acceptors (Lipinski definition) is 6. The lowest BCUT2D eigenvalue weighted by atomic mass is 9.43. The first-order chi connectivity index (χ1) is 16.0. The van der Waals surface area contributed by atoms with Crippen molar-refractivity contribution in [1.82, 2.24) is 0 Å². The Morgan fingerprint density at radius 2 is 1.82 bits per heavy atom. The summed E-state index contributed by atoms with van der Waals surface area (Å²) in [6.07, 6.45) is 5.93. The van der Waals surface area contributed by atoms with Crippen molar-refractivity contribution in [1.29, 1.82) is 0 Å². The summed E-state index contributed by atoms with van der Waals surface area (Å²) < 4.78 is 12.0. The normalized spacial score (nSPS) is 52.4. The molecular formula is C28H36O6. The highest BCUT2D eigenvalue weighted by atomic mass is 16.6. The van der Waals surface area contributed by atoms with E-state index in [0.29, 0.717) is 18.4 Å². The summed E-state index contributed by atoms with van der Waals surface area (Å²) in [6.45, 7) is 9.94. The summed E-state index contributed by atoms with van der Waals surface area (Å²) >= 11 is 0. The Labute approximate surface area is 201 Å². The number of hydrogen-bond donors (Lipinski definition) is 1. The van der Waals surface area contributed by atoms with Gasteiger partial charge in [-0.3, -0.25) is 9.59 Å². The highest BCUT2D eigenvalue weighted by Crippen LogP contribution is 2.71. The van der Waals surface area contributed by atoms with Crippen LogP contribution in [0.2, 0.25) is 0 Å². The van der Waals surface area contributed by atoms with Crippen LogP contribution in [0.15, 0.2) is 23.3 Å². The van der Waals surface area contributed by atoms with Crippen molar-refractivity contribution < 1.29 is 29.0 Å². The zero-order valence-electron chi connectivity index (χ0n) is 20.8. The molecule has 6 rings (SSSR count). The van der Waals surface area contributed by atoms with E-state index in [4.69, 9.17) is 9.47 Å². The molecule has 11 atom stereocenters. The first-order valence-corrected chi connectivity index (χ1v) is 13.0. The van der Waals surface area contributed by atoms with E-state index in [1.165, 1.54) is 0 Å². The van der Waals surface area contributed by atoms with E-state index < -0.39 is 16.4 Å². The molecule has 0 amide bonds. The Hall–Kier alpha value is -1.79. The van der Waals surface area contributed by atoms with Crippen molar-refractivity contribution in [3.63, 3.8) is 0 Å². The third-order valence-electron chi connectivity index (χ3n) is 11.4. The molecule has 6 nitrogen and oxygen atoms in total. The molecule has 5 unspecified atom stereocenters. The van der Waals surface area contributed by atoms with Crippen LogP contribution in [-0.2, 0) is 23.9 Å². The van der Waals surface area contributed by atoms with Crippen LogP contribution >= 0.6 is 0 Å². The third-order valence-corrected chi connectivity index (χ3v) is 11.4. The number of Topliss-reactive ketones (excluding diaryl/α,β-unsaturated/α-hetero) is 1. The summed E-state index contributed by atoms with van der Waals surface area (Å²) in [7, 11) is 0. The number of epoxide rings is 1. The zero-order valence-corrected chi connectivity index (χ0v) is 20.8. The number of cyclic esters (lactones) is 1. The molecule has 0 aromatic rings. The Bertz CT molecular complexity index is 1060. The van der Waals surface area contributed by atoms with Gasteiger partial charge in [-0.25, -0.2) is 4.79 Å². The summed E-state index contributed by atoms with van der Waals surface area (Å²) in [4.78, 5) is 39.7. The SMILES string of the molecule is CC1=C(C)C(=O)OC([C@@H](C)[C@H]2CCC3C4C5O[C@@H]5[C@@]5(O)CC=CC(=O)[C@]5(C)C4CC(=O)[C@@]32C)C1. The van der Waals surface area contributed by atoms with Gasteiger partial charge in [-0.15, -0.1) is 0 Å². The lowest BCUT2D eigenvalue weighted by Gasteiger charge is -2.59. The monoisotopic (exact) mass is 468 g/mol. The first kappa shape index (κ1) is 22.7. The van der Waals surface area contributed by atoms with Crippen molar-refractivity contribution in [2.45, 2.75) is 90.6 Å². The van der Waals surface area contributed by atoms with Crippen LogP contribution in [0.4, 0.5) is 0 Å². The van der Waals surface area contributed by atoms with Crippen molar-refractivity contribution in [3.05, 3.63) is 23.3 Å². The Morgan fingerprint density at radius 1 is 1.09 bits per heavy atom. The molecule has 0 spiro atoms. The van der Waals surface area contributed by atoms with Crippen LogP contribution in [0.1, 0.15) is 66.7 Å². The smallest absolute Gasteiger partial charge is 0.333 e. The second kappa shape index (κ2) is 6.91. The van der Waals surface area contributed by atoms with Gasteiger partial charge in [-0.05, 0) is 75.7 Å². The molecule has 2 heterocycles. The maximum Gasteiger partial charge on any atom is 0.333 e. The van der Waals surface area contributed by atoms with Crippen molar-refractivity contribution >= 4 is 17.5 Å². The third kappa shape index (κ3) is 2.52. The van der Waals surface area contributed by atoms with Crippen LogP contribution in [0.5, 0.6) is 0 Å². The Morgan fingerprint density at radius 3 is 2.53 bits per heavy atom. The predicted molar refractivity (Wildman–Crippen MR) is 123 cm³/mol. The van der Waals surface area contributed by atoms with Crippen LogP contribution in [0.3, 0.4) is 0 Å². The van der Waals surface area contributed by atoms with Gasteiger partial charge in [0.15, 0.2) is 5.78 Å². The largest absolute Gasteiger partial charge is 0.458 e. The highest BCUT2D eigenvalue weighted by Gasteiger charge is 2.78. The fourth-order valence-electron chi connectivity index (χ4n) is 9.04. The number of allylic oxidation sites excluding steroid dienone is 1. The number of carbonyl (C=O) groups excluding carboxylic acids is 3. The molecule has 0 aromatic carbocycles. The highest BCUT2D eigenvalue weighted by molar-refractivity contribution is 5.98. The molecule has 1 saturated heterocycles. The van der Waals surface area contributed by atoms with E-state index in [9.17, 15) is 19.5 Å². The van der Waals surface area contributed by atoms with E-state index in [-0.39, 0.29) is 65.4 Å². The number of ketones is 2. The number of ether oxygens (including phenoxy) is 2. The van der Waals surface area contributed by atoms with Gasteiger partial charge in [-0.2, -0.15) is 0 Å². The van der Waals surface area contributed by atoms with Gasteiger partial charge >= 0.3 is 5.97 Å². The van der Waals surface area contributed by atoms with Gasteiger partial charge < -0.3 is 14.6 Å². The molecule has 0 radical (unpaired) electrons. The number of aliphatic hydroxyl groups is 1. The van der Waals surface area contributed by atoms with Gasteiger partial charge in [0.05, 0.1) is 11.5 Å². The van der Waals surface area contributed by atoms with Crippen molar-refractivity contribution in [2.75, 3.05) is 0 Å². The van der Waals surface area contributed by atoms with Gasteiger partial charge in [0.2, 0.25) is 0 Å². The van der Waals surface area contributed by atoms with Gasteiger partial charge in [0.1, 0.15) is 23.6 Å². The minimum Gasteiger partial charge on any atom is -0.458 e. The number of rotatable bonds is 2. The minimum absolute atomic E-state index is 0.0637. The molecular weight excluding hydrogens is 432 g/mol. The number of fused-ring (bicyclic) bond motifs is 8. The molecule has 1 N–H and O–H groups in total. The summed E-state index contributed by atoms with van der Waals surface area (Å²) in [5.74, 6) is 0.0467. The predicted octanol–water partition coefficient (Wildman–Crippen LogP) is 3.56. The minimum atomic E-state index is -1.23. The fourth-order valence-corrected chi connectivity index (χ4v) is 9.04. The molecule has 34 heavy (non-hydrogen) atoms. The van der Waals surface area contributed by atoms with Gasteiger partial charge in [0, 0.05) is 23.8 Å². The maximum absolute atomic E-state index is 14.0. The second-order valence-electron chi connectivity index (χ2n) is 12.4. The quantitative estimate of drug-likeness (QED) is 0.492. The van der Waals surface area contributed by atoms with E-state index in [1.54, 1.807) is 12.2 Å². The van der Waals surface area contributed by atoms with E-state index >= 15 is 0 Å². The molecule has 0 aromatic heterocycles. The Kier molecular flexibility index (Phi) is 4.60. The number of esters is 1. The lowest BCUT2D eigenvalue weighted by molar-refractivity contribution is -0.184. The number of carbonyl (C=O) groups is 3. The van der Waals surface area contributed by atoms with E-state index in [0.717, 1.165) is 24.8 Å². The van der Waals surface area contributed by atoms with Crippen molar-refractivity contribution in [3.8, 4) is 0 Å². The molecule has 4 aliphatic carbocycles. The van der Waals surface area contributed by atoms with E-state index in [1.807, 2.05) is 20.8 Å². The maximum atomic E-state index is 14.0. The summed E-state index contributed by atoms with van der Waals surface area (Å²) in [6, 6.07) is 0. The second-order valence-corrected chi connectivity index (χ2v) is 12.4. The average molecular weight is 469 g/mol. The fraction of sp³-hybridized carbons (Fsp3) is 0.750. The molecule has 6 aliphatic rings. The molecule has 3 saturated carbocycles. The lowest BCUT2D eigenvalue weighted by Crippen LogP contribution is -2.68. The molecule has 2 aliphatic heterocycles. The first-order valence-electron chi connectivity index (χ1n) is 13.0. The van der Waals surface area contributed by atoms with Crippen LogP contribution < -0.4 is 0 Å². The van der Waals surface area contributed by atoms with E-state index in [2.05, 4.69) is 13.8 Å². The van der Waals surface area contributed by atoms with Crippen LogP contribution in [0.25, 0.3) is 0 Å². The van der Waals surface area contributed by atoms with Gasteiger partial charge in [0.25, 0.3) is 0 Å². The van der Waals surface area contributed by atoms with Crippen molar-refractivity contribution in [2.24, 2.45) is 40.4 Å². The zero-order chi connectivity index (χ0) is 24.4. The molecule has 0 bridgehead atoms. The summed E-state index contributed by atoms with van der Waals surface area (Å²) in [5.41, 5.74) is -1.00. The standard InChI is InChI=1S/C28H36O6/c1-13-11-19(33-25(31)14(13)2)15(3)16-8-9-17-22-18(12-21(30)26(16,17)4)27(5)20(29)7-6-10-28(27,32)24-23(22)34-24/h6-7,15-19,22-24,32H,8-12H2,1-5H3/t15-,16+,17?,18?,19?,22?,23?,24-,26+,27-,28-/m0/s1. The average Bonchev–Trinajstić information content (AvgIpc) is 3.51. The topological polar surface area (TPSA) is 93.2 Å². The molecule has 184 valence electrons. The Balaban J connectivity index is 1.34. The van der Waals surface area contributed by atoms with Crippen LogP contribution in [-0.4, -0.2) is 46.6 Å². The molecule has 6 heteroatoms. The van der Waals surface area contributed by atoms with Gasteiger partial charge in [-0.1, -0.05) is 25.5 Å². The summed E-state index contributed by atoms with van der Waals surface area (Å²) in [5, 5.41) is 11.7. The van der Waals surface area contributed by atoms with Crippen LogP contribution in [0, 0.1) is 40.4 Å².